The van der Waals surface area contributed by atoms with E-state index in [1.165, 1.54) is 0 Å². The second-order valence-corrected chi connectivity index (χ2v) is 12.9. The third-order valence-corrected chi connectivity index (χ3v) is 10.1. The summed E-state index contributed by atoms with van der Waals surface area (Å²) in [5, 5.41) is 3.18. The van der Waals surface area contributed by atoms with Gasteiger partial charge >= 0.3 is 0 Å². The lowest BCUT2D eigenvalue weighted by Crippen LogP contribution is -2.53. The van der Waals surface area contributed by atoms with Crippen molar-refractivity contribution in [1.29, 1.82) is 0 Å². The van der Waals surface area contributed by atoms with Crippen LogP contribution in [-0.4, -0.2) is 73.5 Å². The smallest absolute Gasteiger partial charge is 0.253 e. The fourth-order valence-corrected chi connectivity index (χ4v) is 7.56. The zero-order chi connectivity index (χ0) is 26.7. The van der Waals surface area contributed by atoms with Gasteiger partial charge in [-0.15, -0.1) is 0 Å². The van der Waals surface area contributed by atoms with Gasteiger partial charge in [-0.1, -0.05) is 41.9 Å². The number of amides is 2. The van der Waals surface area contributed by atoms with E-state index >= 15 is 0 Å². The van der Waals surface area contributed by atoms with E-state index in [1.807, 2.05) is 4.90 Å². The summed E-state index contributed by atoms with van der Waals surface area (Å²) in [6, 6.07) is 15.0. The van der Waals surface area contributed by atoms with Crippen LogP contribution in [0.25, 0.3) is 0 Å². The molecule has 2 amide bonds. The van der Waals surface area contributed by atoms with Gasteiger partial charge in [-0.05, 0) is 76.8 Å². The van der Waals surface area contributed by atoms with Crippen LogP contribution in [0.4, 0.5) is 0 Å². The number of rotatable bonds is 8. The first-order valence-corrected chi connectivity index (χ1v) is 15.0. The Morgan fingerprint density at radius 3 is 2.43 bits per heavy atom. The van der Waals surface area contributed by atoms with Crippen LogP contribution in [0.3, 0.4) is 0 Å². The molecule has 9 heteroatoms. The van der Waals surface area contributed by atoms with Gasteiger partial charge in [0.1, 0.15) is 6.04 Å². The summed E-state index contributed by atoms with van der Waals surface area (Å²) < 4.78 is 26.7. The lowest BCUT2D eigenvalue weighted by Gasteiger charge is -2.44. The molecule has 0 spiro atoms. The van der Waals surface area contributed by atoms with Crippen LogP contribution < -0.4 is 5.32 Å². The van der Waals surface area contributed by atoms with E-state index in [0.29, 0.717) is 40.9 Å². The first kappa shape index (κ1) is 27.6. The summed E-state index contributed by atoms with van der Waals surface area (Å²) in [6.07, 6.45) is 2.81. The molecule has 1 heterocycles. The number of hydrogen-bond acceptors (Lipinski definition) is 5. The molecule has 1 N–H and O–H groups in total. The Bertz CT molecular complexity index is 1220. The minimum absolute atomic E-state index is 0.00938. The topological polar surface area (TPSA) is 86.8 Å². The van der Waals surface area contributed by atoms with Gasteiger partial charge in [0.25, 0.3) is 5.91 Å². The zero-order valence-electron chi connectivity index (χ0n) is 21.6. The molecular weight excluding hydrogens is 510 g/mol. The highest BCUT2D eigenvalue weighted by Gasteiger charge is 2.44. The van der Waals surface area contributed by atoms with E-state index in [9.17, 15) is 18.0 Å². The summed E-state index contributed by atoms with van der Waals surface area (Å²) >= 11 is 6.17. The van der Waals surface area contributed by atoms with E-state index in [4.69, 9.17) is 11.6 Å². The van der Waals surface area contributed by atoms with E-state index in [2.05, 4.69) is 31.1 Å². The number of carbonyl (C=O) groups excluding carboxylic acids is 2. The highest BCUT2D eigenvalue weighted by atomic mass is 35.5. The standard InChI is InChI=1S/C28H36ClN3O4S/c1-19(2)31(3)21-13-14-26(20(17-21)18-37(35,36)22-9-5-4-6-10-22)32-16-15-25(28(32)34)30-27(33)23-11-7-8-12-24(23)29/h4-12,19-21,25-26H,13-18H2,1-3H3,(H,30,33)/t20-,21-,25+,26+/m1/s1. The molecule has 0 aromatic heterocycles. The van der Waals surface area contributed by atoms with Crippen molar-refractivity contribution in [2.24, 2.45) is 5.92 Å². The van der Waals surface area contributed by atoms with Crippen LogP contribution in [0.5, 0.6) is 0 Å². The summed E-state index contributed by atoms with van der Waals surface area (Å²) in [7, 11) is -1.44. The van der Waals surface area contributed by atoms with Crippen LogP contribution in [0.2, 0.25) is 5.02 Å². The molecule has 1 saturated carbocycles. The van der Waals surface area contributed by atoms with Gasteiger partial charge in [-0.25, -0.2) is 8.42 Å². The first-order chi connectivity index (χ1) is 17.6. The van der Waals surface area contributed by atoms with Crippen molar-refractivity contribution in [3.8, 4) is 0 Å². The predicted octanol–water partition coefficient (Wildman–Crippen LogP) is 4.02. The largest absolute Gasteiger partial charge is 0.340 e. The van der Waals surface area contributed by atoms with E-state index in [0.717, 1.165) is 12.8 Å². The molecule has 0 radical (unpaired) electrons. The fourth-order valence-electron chi connectivity index (χ4n) is 5.66. The Morgan fingerprint density at radius 2 is 1.76 bits per heavy atom. The average Bonchev–Trinajstić information content (AvgIpc) is 3.23. The Labute approximate surface area is 225 Å². The number of sulfone groups is 1. The van der Waals surface area contributed by atoms with Crippen LogP contribution >= 0.6 is 11.6 Å². The van der Waals surface area contributed by atoms with Gasteiger partial charge in [-0.2, -0.15) is 0 Å². The maximum Gasteiger partial charge on any atom is 0.253 e. The van der Waals surface area contributed by atoms with Gasteiger partial charge in [0.15, 0.2) is 9.84 Å². The van der Waals surface area contributed by atoms with Crippen molar-refractivity contribution < 1.29 is 18.0 Å². The Kier molecular flexibility index (Phi) is 8.61. The van der Waals surface area contributed by atoms with E-state index in [1.54, 1.807) is 54.6 Å². The Hall–Kier alpha value is -2.42. The monoisotopic (exact) mass is 545 g/mol. The predicted molar refractivity (Wildman–Crippen MR) is 145 cm³/mol. The third-order valence-electron chi connectivity index (χ3n) is 7.90. The molecule has 2 fully saturated rings. The summed E-state index contributed by atoms with van der Waals surface area (Å²) in [4.78, 5) is 30.7. The molecule has 0 bridgehead atoms. The van der Waals surface area contributed by atoms with E-state index < -0.39 is 15.9 Å². The Morgan fingerprint density at radius 1 is 1.08 bits per heavy atom. The SMILES string of the molecule is CC(C)N(C)[C@@H]1CC[C@H](N2CC[C@H](NC(=O)c3ccccc3Cl)C2=O)[C@@H](CS(=O)(=O)c2ccccc2)C1. The minimum Gasteiger partial charge on any atom is -0.340 e. The Balaban J connectivity index is 1.52. The number of nitrogens with zero attached hydrogens (tertiary/aromatic N) is 2. The molecule has 1 aliphatic heterocycles. The maximum atomic E-state index is 13.5. The van der Waals surface area contributed by atoms with Gasteiger partial charge < -0.3 is 15.1 Å². The van der Waals surface area contributed by atoms with Crippen molar-refractivity contribution in [3.05, 3.63) is 65.2 Å². The maximum absolute atomic E-state index is 13.5. The molecule has 2 aromatic rings. The summed E-state index contributed by atoms with van der Waals surface area (Å²) in [5.41, 5.74) is 0.333. The van der Waals surface area contributed by atoms with Crippen LogP contribution in [0.1, 0.15) is 49.9 Å². The lowest BCUT2D eigenvalue weighted by molar-refractivity contribution is -0.133. The number of halogens is 1. The van der Waals surface area contributed by atoms with Crippen molar-refractivity contribution in [1.82, 2.24) is 15.1 Å². The molecule has 1 aliphatic carbocycles. The van der Waals surface area contributed by atoms with Gasteiger partial charge in [0.2, 0.25) is 5.91 Å². The first-order valence-electron chi connectivity index (χ1n) is 12.9. The van der Waals surface area contributed by atoms with Crippen LogP contribution in [0, 0.1) is 5.92 Å². The van der Waals surface area contributed by atoms with Crippen molar-refractivity contribution in [2.75, 3.05) is 19.3 Å². The number of carbonyl (C=O) groups is 2. The normalized spacial score (nSPS) is 24.6. The molecule has 2 aliphatic rings. The molecule has 4 rings (SSSR count). The quantitative estimate of drug-likeness (QED) is 0.541. The van der Waals surface area contributed by atoms with Gasteiger partial charge in [-0.3, -0.25) is 9.59 Å². The minimum atomic E-state index is -3.52. The fraction of sp³-hybridized carbons (Fsp3) is 0.500. The molecule has 0 unspecified atom stereocenters. The molecular formula is C28H36ClN3O4S. The molecule has 4 atom stereocenters. The number of likely N-dealkylation sites (tertiary alicyclic amines) is 1. The third kappa shape index (κ3) is 6.19. The second-order valence-electron chi connectivity index (χ2n) is 10.5. The number of hydrogen-bond donors (Lipinski definition) is 1. The zero-order valence-corrected chi connectivity index (χ0v) is 23.2. The van der Waals surface area contributed by atoms with Crippen LogP contribution in [-0.2, 0) is 14.6 Å². The number of benzene rings is 2. The van der Waals surface area contributed by atoms with Crippen molar-refractivity contribution in [2.45, 2.75) is 68.6 Å². The van der Waals surface area contributed by atoms with Gasteiger partial charge in [0, 0.05) is 24.7 Å². The average molecular weight is 546 g/mol. The molecule has 200 valence electrons. The molecule has 37 heavy (non-hydrogen) atoms. The highest BCUT2D eigenvalue weighted by Crippen LogP contribution is 2.36. The van der Waals surface area contributed by atoms with Crippen LogP contribution in [0.15, 0.2) is 59.5 Å². The summed E-state index contributed by atoms with van der Waals surface area (Å²) in [5.74, 6) is -0.739. The second kappa shape index (κ2) is 11.5. The molecule has 7 nitrogen and oxygen atoms in total. The highest BCUT2D eigenvalue weighted by molar-refractivity contribution is 7.91. The number of nitrogens with one attached hydrogen (secondary N) is 1. The molecule has 1 saturated heterocycles. The van der Waals surface area contributed by atoms with Crippen molar-refractivity contribution in [3.63, 3.8) is 0 Å². The van der Waals surface area contributed by atoms with E-state index in [-0.39, 0.29) is 35.6 Å². The summed E-state index contributed by atoms with van der Waals surface area (Å²) in [6.45, 7) is 4.76. The van der Waals surface area contributed by atoms with Crippen molar-refractivity contribution >= 4 is 33.3 Å². The lowest BCUT2D eigenvalue weighted by atomic mass is 9.81. The molecule has 2 aromatic carbocycles. The van der Waals surface area contributed by atoms with Gasteiger partial charge in [0.05, 0.1) is 21.2 Å².